The van der Waals surface area contributed by atoms with Gasteiger partial charge in [-0.25, -0.2) is 13.4 Å². The van der Waals surface area contributed by atoms with Crippen molar-refractivity contribution in [2.45, 2.75) is 23.3 Å². The third-order valence-electron chi connectivity index (χ3n) is 5.98. The molecular formula is C28H25N3O4S3. The molecule has 2 aromatic heterocycles. The molecule has 1 amide bonds. The van der Waals surface area contributed by atoms with Crippen LogP contribution in [0.1, 0.15) is 23.0 Å². The molecule has 10 heteroatoms. The number of benzene rings is 3. The number of sulfonamides is 1. The monoisotopic (exact) mass is 563 g/mol. The molecule has 0 saturated carbocycles. The van der Waals surface area contributed by atoms with Crippen molar-refractivity contribution >= 4 is 60.1 Å². The standard InChI is InChI=1S/C28H25N3O4S3/c1-3-31(21-9-5-4-6-10-21)38(33,34)23-16-14-20(15-17-23)27(32)30(19-22-11-8-18-35-22)28-29-26-24(36-2)12-7-13-25(26)37-28/h4-18H,3,19H2,1-2H3. The number of hydrogen-bond acceptors (Lipinski definition) is 7. The lowest BCUT2D eigenvalue weighted by atomic mass is 10.2. The Morgan fingerprint density at radius 3 is 2.39 bits per heavy atom. The molecule has 0 bridgehead atoms. The van der Waals surface area contributed by atoms with Gasteiger partial charge in [-0.3, -0.25) is 14.0 Å². The second-order valence-electron chi connectivity index (χ2n) is 8.30. The first-order valence-electron chi connectivity index (χ1n) is 11.9. The van der Waals surface area contributed by atoms with Crippen LogP contribution in [0.4, 0.5) is 10.8 Å². The van der Waals surface area contributed by atoms with Crippen LogP contribution in [0.15, 0.2) is 105 Å². The maximum Gasteiger partial charge on any atom is 0.264 e. The van der Waals surface area contributed by atoms with Crippen molar-refractivity contribution in [3.63, 3.8) is 0 Å². The van der Waals surface area contributed by atoms with Crippen LogP contribution >= 0.6 is 23.1 Å². The number of aromatic nitrogens is 1. The Labute approximate surface area is 229 Å². The van der Waals surface area contributed by atoms with Crippen LogP contribution in [0.3, 0.4) is 0 Å². The molecule has 0 aliphatic heterocycles. The van der Waals surface area contributed by atoms with Crippen LogP contribution < -0.4 is 9.21 Å². The zero-order chi connectivity index (χ0) is 26.7. The first-order chi connectivity index (χ1) is 18.4. The second-order valence-corrected chi connectivity index (χ2v) is 12.0. The number of hydrogen-bond donors (Lipinski definition) is 0. The first kappa shape index (κ1) is 26.0. The molecule has 0 aliphatic rings. The number of carbonyl (C=O) groups is 1. The molecule has 0 spiro atoms. The molecule has 2 heterocycles. The first-order valence-corrected chi connectivity index (χ1v) is 15.4. The van der Waals surface area contributed by atoms with Crippen LogP contribution in [0.25, 0.3) is 10.2 Å². The van der Waals surface area contributed by atoms with Crippen LogP contribution in [0.5, 0.6) is 0 Å². The summed E-state index contributed by atoms with van der Waals surface area (Å²) in [5, 5.41) is 0.542. The van der Waals surface area contributed by atoms with Crippen LogP contribution in [-0.2, 0) is 16.6 Å². The maximum atomic E-state index is 13.8. The normalized spacial score (nSPS) is 11.5. The minimum atomic E-state index is -3.80. The Morgan fingerprint density at radius 2 is 1.74 bits per heavy atom. The topological polar surface area (TPSA) is 83.7 Å². The predicted octanol–water partition coefficient (Wildman–Crippen LogP) is 6.67. The summed E-state index contributed by atoms with van der Waals surface area (Å²) < 4.78 is 34.6. The lowest BCUT2D eigenvalue weighted by molar-refractivity contribution is 0.0983. The van der Waals surface area contributed by atoms with Crippen molar-refractivity contribution in [3.05, 3.63) is 103 Å². The van der Waals surface area contributed by atoms with E-state index in [-0.39, 0.29) is 23.9 Å². The molecule has 7 nitrogen and oxygen atoms in total. The van der Waals surface area contributed by atoms with Gasteiger partial charge in [0.1, 0.15) is 5.76 Å². The molecule has 0 atom stereocenters. The zero-order valence-corrected chi connectivity index (χ0v) is 23.2. The van der Waals surface area contributed by atoms with Gasteiger partial charge in [0.2, 0.25) is 0 Å². The lowest BCUT2D eigenvalue weighted by Crippen LogP contribution is -2.31. The number of anilines is 2. The van der Waals surface area contributed by atoms with Crippen LogP contribution in [0.2, 0.25) is 0 Å². The smallest absolute Gasteiger partial charge is 0.264 e. The van der Waals surface area contributed by atoms with Gasteiger partial charge in [-0.15, -0.1) is 11.8 Å². The molecule has 194 valence electrons. The highest BCUT2D eigenvalue weighted by molar-refractivity contribution is 7.98. The van der Waals surface area contributed by atoms with Crippen LogP contribution in [-0.4, -0.2) is 32.1 Å². The number of amides is 1. The molecule has 38 heavy (non-hydrogen) atoms. The Morgan fingerprint density at radius 1 is 0.974 bits per heavy atom. The third kappa shape index (κ3) is 5.07. The number of thioether (sulfide) groups is 1. The molecule has 0 N–H and O–H groups in total. The number of carbonyl (C=O) groups excluding carboxylic acids is 1. The number of nitrogens with zero attached hydrogens (tertiary/aromatic N) is 3. The van der Waals surface area contributed by atoms with Gasteiger partial charge in [0.15, 0.2) is 5.13 Å². The van der Waals surface area contributed by atoms with E-state index in [9.17, 15) is 13.2 Å². The van der Waals surface area contributed by atoms with E-state index in [0.717, 1.165) is 15.1 Å². The van der Waals surface area contributed by atoms with E-state index in [1.807, 2.05) is 30.5 Å². The summed E-state index contributed by atoms with van der Waals surface area (Å²) >= 11 is 3.03. The van der Waals surface area contributed by atoms with E-state index < -0.39 is 10.0 Å². The predicted molar refractivity (Wildman–Crippen MR) is 154 cm³/mol. The summed E-state index contributed by atoms with van der Waals surface area (Å²) in [5.41, 5.74) is 1.78. The molecule has 0 aliphatic carbocycles. The molecule has 3 aromatic carbocycles. The van der Waals surface area contributed by atoms with Crippen molar-refractivity contribution in [2.24, 2.45) is 0 Å². The average Bonchev–Trinajstić information content (AvgIpc) is 3.62. The highest BCUT2D eigenvalue weighted by Gasteiger charge is 2.26. The van der Waals surface area contributed by atoms with Crippen molar-refractivity contribution < 1.29 is 17.6 Å². The van der Waals surface area contributed by atoms with Gasteiger partial charge in [-0.2, -0.15) is 0 Å². The van der Waals surface area contributed by atoms with Crippen molar-refractivity contribution in [2.75, 3.05) is 22.0 Å². The van der Waals surface area contributed by atoms with Crippen molar-refractivity contribution in [1.82, 2.24) is 4.98 Å². The van der Waals surface area contributed by atoms with E-state index >= 15 is 0 Å². The molecule has 0 radical (unpaired) electrons. The minimum Gasteiger partial charge on any atom is -0.467 e. The van der Waals surface area contributed by atoms with E-state index in [2.05, 4.69) is 0 Å². The highest BCUT2D eigenvalue weighted by atomic mass is 32.2. The Kier molecular flexibility index (Phi) is 7.55. The lowest BCUT2D eigenvalue weighted by Gasteiger charge is -2.23. The molecule has 0 unspecified atom stereocenters. The number of rotatable bonds is 9. The number of furan rings is 1. The molecular weight excluding hydrogens is 539 g/mol. The largest absolute Gasteiger partial charge is 0.467 e. The van der Waals surface area contributed by atoms with Gasteiger partial charge in [-0.05, 0) is 73.8 Å². The van der Waals surface area contributed by atoms with Gasteiger partial charge in [-0.1, -0.05) is 35.6 Å². The summed E-state index contributed by atoms with van der Waals surface area (Å²) in [7, 11) is -3.80. The fourth-order valence-corrected chi connectivity index (χ4v) is 7.21. The van der Waals surface area contributed by atoms with Gasteiger partial charge in [0.05, 0.1) is 33.6 Å². The molecule has 0 saturated heterocycles. The summed E-state index contributed by atoms with van der Waals surface area (Å²) in [6, 6.07) is 24.5. The SMILES string of the molecule is CCN(c1ccccc1)S(=O)(=O)c1ccc(C(=O)N(Cc2ccco2)c2nc3c(SC)cccc3s2)cc1. The average molecular weight is 564 g/mol. The number of fused-ring (bicyclic) bond motifs is 1. The Hall–Kier alpha value is -3.60. The van der Waals surface area contributed by atoms with E-state index in [4.69, 9.17) is 9.40 Å². The quantitative estimate of drug-likeness (QED) is 0.186. The van der Waals surface area contributed by atoms with Gasteiger partial charge >= 0.3 is 0 Å². The summed E-state index contributed by atoms with van der Waals surface area (Å²) in [5.74, 6) is 0.314. The van der Waals surface area contributed by atoms with E-state index in [1.54, 1.807) is 78.4 Å². The Balaban J connectivity index is 1.48. The summed E-state index contributed by atoms with van der Waals surface area (Å²) in [6.07, 6.45) is 3.56. The van der Waals surface area contributed by atoms with Crippen LogP contribution in [0, 0.1) is 0 Å². The molecule has 5 aromatic rings. The van der Waals surface area contributed by atoms with E-state index in [0.29, 0.717) is 22.1 Å². The molecule has 5 rings (SSSR count). The zero-order valence-electron chi connectivity index (χ0n) is 20.8. The fourth-order valence-electron chi connectivity index (χ4n) is 4.11. The fraction of sp³-hybridized carbons (Fsp3) is 0.143. The van der Waals surface area contributed by atoms with Crippen molar-refractivity contribution in [3.8, 4) is 0 Å². The number of para-hydroxylation sites is 2. The highest BCUT2D eigenvalue weighted by Crippen LogP contribution is 2.35. The molecule has 0 fully saturated rings. The maximum absolute atomic E-state index is 13.8. The Bertz CT molecular complexity index is 1650. The van der Waals surface area contributed by atoms with Gasteiger partial charge in [0, 0.05) is 17.0 Å². The summed E-state index contributed by atoms with van der Waals surface area (Å²) in [6.45, 7) is 2.26. The van der Waals surface area contributed by atoms with Gasteiger partial charge < -0.3 is 4.42 Å². The van der Waals surface area contributed by atoms with Crippen molar-refractivity contribution in [1.29, 1.82) is 0 Å². The minimum absolute atomic E-state index is 0.113. The van der Waals surface area contributed by atoms with Gasteiger partial charge in [0.25, 0.3) is 15.9 Å². The third-order valence-corrected chi connectivity index (χ3v) is 9.71. The number of thiazole rings is 1. The van der Waals surface area contributed by atoms with E-state index in [1.165, 1.54) is 27.8 Å². The summed E-state index contributed by atoms with van der Waals surface area (Å²) in [4.78, 5) is 21.3. The second kappa shape index (κ2) is 11.0.